The van der Waals surface area contributed by atoms with Gasteiger partial charge in [-0.3, -0.25) is 0 Å². The number of hydrogen-bond donors (Lipinski definition) is 1. The summed E-state index contributed by atoms with van der Waals surface area (Å²) in [7, 11) is 0. The zero-order valence-electron chi connectivity index (χ0n) is 10.8. The Morgan fingerprint density at radius 2 is 1.85 bits per heavy atom. The van der Waals surface area contributed by atoms with E-state index < -0.39 is 5.76 Å². The minimum absolute atomic E-state index is 0.0203. The average Bonchev–Trinajstić information content (AvgIpc) is 2.40. The van der Waals surface area contributed by atoms with Crippen molar-refractivity contribution >= 4 is 29.1 Å². The molecule has 0 aliphatic carbocycles. The molecule has 106 valence electrons. The highest BCUT2D eigenvalue weighted by Gasteiger charge is 2.12. The normalized spacial score (nSPS) is 12.4. The Bertz CT molecular complexity index is 577. The summed E-state index contributed by atoms with van der Waals surface area (Å²) in [5.74, 6) is -2.43. The van der Waals surface area contributed by atoms with Crippen LogP contribution in [0.3, 0.4) is 0 Å². The molecule has 2 rings (SSSR count). The van der Waals surface area contributed by atoms with E-state index in [0.717, 1.165) is 5.56 Å². The van der Waals surface area contributed by atoms with Crippen molar-refractivity contribution in [2.75, 3.05) is 5.32 Å². The van der Waals surface area contributed by atoms with Gasteiger partial charge in [0, 0.05) is 21.6 Å². The molecule has 0 saturated heterocycles. The highest BCUT2D eigenvalue weighted by molar-refractivity contribution is 7.99. The van der Waals surface area contributed by atoms with E-state index >= 15 is 0 Å². The molecule has 0 amide bonds. The van der Waals surface area contributed by atoms with Gasteiger partial charge >= 0.3 is 0 Å². The third-order valence-corrected chi connectivity index (χ3v) is 3.85. The molecule has 0 radical (unpaired) electrons. The minimum atomic E-state index is -2.43. The molecular formula is C15H14ClF2NS. The fourth-order valence-electron chi connectivity index (χ4n) is 1.88. The number of benzene rings is 2. The third-order valence-electron chi connectivity index (χ3n) is 2.82. The van der Waals surface area contributed by atoms with Gasteiger partial charge in [0.15, 0.2) is 0 Å². The van der Waals surface area contributed by atoms with Gasteiger partial charge in [0.05, 0.1) is 0 Å². The number of alkyl halides is 2. The standard InChI is InChI=1S/C15H14ClF2NS/c1-10(11-5-4-6-12(16)9-11)19-13-7-2-3-8-14(13)20-15(17)18/h2-10,15,19H,1H3. The summed E-state index contributed by atoms with van der Waals surface area (Å²) in [5.41, 5.74) is 1.71. The first-order chi connectivity index (χ1) is 9.56. The monoisotopic (exact) mass is 313 g/mol. The zero-order valence-corrected chi connectivity index (χ0v) is 12.4. The Hall–Kier alpha value is -1.26. The van der Waals surface area contributed by atoms with Gasteiger partial charge in [-0.25, -0.2) is 0 Å². The van der Waals surface area contributed by atoms with Gasteiger partial charge in [0.25, 0.3) is 5.76 Å². The summed E-state index contributed by atoms with van der Waals surface area (Å²) in [6.07, 6.45) is 0. The van der Waals surface area contributed by atoms with Gasteiger partial charge in [-0.2, -0.15) is 8.78 Å². The summed E-state index contributed by atoms with van der Waals surface area (Å²) >= 11 is 6.50. The molecule has 1 nitrogen and oxygen atoms in total. The summed E-state index contributed by atoms with van der Waals surface area (Å²) in [6, 6.07) is 14.5. The molecule has 0 fully saturated rings. The van der Waals surface area contributed by atoms with E-state index in [1.807, 2.05) is 31.2 Å². The Morgan fingerprint density at radius 1 is 1.10 bits per heavy atom. The number of para-hydroxylation sites is 1. The average molecular weight is 314 g/mol. The van der Waals surface area contributed by atoms with E-state index in [1.54, 1.807) is 24.3 Å². The van der Waals surface area contributed by atoms with Crippen LogP contribution in [0.5, 0.6) is 0 Å². The van der Waals surface area contributed by atoms with E-state index in [2.05, 4.69) is 5.32 Å². The second kappa shape index (κ2) is 6.95. The van der Waals surface area contributed by atoms with Crippen molar-refractivity contribution in [3.05, 3.63) is 59.1 Å². The lowest BCUT2D eigenvalue weighted by atomic mass is 10.1. The lowest BCUT2D eigenvalue weighted by Gasteiger charge is -2.18. The van der Waals surface area contributed by atoms with Crippen LogP contribution in [0.4, 0.5) is 14.5 Å². The van der Waals surface area contributed by atoms with Gasteiger partial charge in [0.2, 0.25) is 0 Å². The van der Waals surface area contributed by atoms with Crippen LogP contribution in [-0.2, 0) is 0 Å². The van der Waals surface area contributed by atoms with E-state index in [0.29, 0.717) is 27.4 Å². The number of thioether (sulfide) groups is 1. The Kier molecular flexibility index (Phi) is 5.26. The molecule has 1 unspecified atom stereocenters. The van der Waals surface area contributed by atoms with Crippen LogP contribution in [0.1, 0.15) is 18.5 Å². The molecule has 20 heavy (non-hydrogen) atoms. The lowest BCUT2D eigenvalue weighted by molar-refractivity contribution is 0.252. The molecule has 5 heteroatoms. The topological polar surface area (TPSA) is 12.0 Å². The van der Waals surface area contributed by atoms with Gasteiger partial charge < -0.3 is 5.32 Å². The third kappa shape index (κ3) is 4.12. The fourth-order valence-corrected chi connectivity index (χ4v) is 2.68. The first kappa shape index (κ1) is 15.1. The minimum Gasteiger partial charge on any atom is -0.378 e. The highest BCUT2D eigenvalue weighted by atomic mass is 35.5. The van der Waals surface area contributed by atoms with Gasteiger partial charge in [-0.05, 0) is 36.8 Å². The maximum atomic E-state index is 12.5. The molecular weight excluding hydrogens is 300 g/mol. The number of halogens is 3. The largest absolute Gasteiger partial charge is 0.378 e. The Morgan fingerprint density at radius 3 is 2.55 bits per heavy atom. The molecule has 0 aliphatic rings. The van der Waals surface area contributed by atoms with Gasteiger partial charge in [-0.15, -0.1) is 0 Å². The van der Waals surface area contributed by atoms with Crippen LogP contribution in [-0.4, -0.2) is 5.76 Å². The molecule has 1 atom stereocenters. The van der Waals surface area contributed by atoms with E-state index in [4.69, 9.17) is 11.6 Å². The van der Waals surface area contributed by atoms with Crippen LogP contribution in [0.2, 0.25) is 5.02 Å². The summed E-state index contributed by atoms with van der Waals surface area (Å²) in [6.45, 7) is 1.97. The SMILES string of the molecule is CC(Nc1ccccc1SC(F)F)c1cccc(Cl)c1. The fraction of sp³-hybridized carbons (Fsp3) is 0.200. The van der Waals surface area contributed by atoms with Crippen LogP contribution >= 0.6 is 23.4 Å². The second-order valence-electron chi connectivity index (χ2n) is 4.30. The molecule has 0 aliphatic heterocycles. The van der Waals surface area contributed by atoms with Gasteiger partial charge in [0.1, 0.15) is 0 Å². The predicted molar refractivity (Wildman–Crippen MR) is 81.8 cm³/mol. The van der Waals surface area contributed by atoms with E-state index in [9.17, 15) is 8.78 Å². The van der Waals surface area contributed by atoms with Crippen LogP contribution in [0.15, 0.2) is 53.4 Å². The maximum absolute atomic E-state index is 12.5. The molecule has 0 spiro atoms. The Balaban J connectivity index is 2.17. The number of rotatable bonds is 5. The first-order valence-corrected chi connectivity index (χ1v) is 7.38. The second-order valence-corrected chi connectivity index (χ2v) is 5.76. The number of hydrogen-bond acceptors (Lipinski definition) is 2. The predicted octanol–water partition coefficient (Wildman–Crippen LogP) is 5.83. The zero-order chi connectivity index (χ0) is 14.5. The molecule has 2 aromatic rings. The number of anilines is 1. The van der Waals surface area contributed by atoms with Gasteiger partial charge in [-0.1, -0.05) is 47.6 Å². The van der Waals surface area contributed by atoms with Crippen molar-refractivity contribution in [2.45, 2.75) is 23.6 Å². The summed E-state index contributed by atoms with van der Waals surface area (Å²) in [5, 5.41) is 3.91. The summed E-state index contributed by atoms with van der Waals surface area (Å²) in [4.78, 5) is 0.538. The number of nitrogens with one attached hydrogen (secondary N) is 1. The van der Waals surface area contributed by atoms with E-state index in [1.165, 1.54) is 0 Å². The lowest BCUT2D eigenvalue weighted by Crippen LogP contribution is -2.07. The highest BCUT2D eigenvalue weighted by Crippen LogP contribution is 2.33. The van der Waals surface area contributed by atoms with Crippen molar-refractivity contribution in [3.63, 3.8) is 0 Å². The summed E-state index contributed by atoms with van der Waals surface area (Å²) < 4.78 is 25.1. The first-order valence-electron chi connectivity index (χ1n) is 6.12. The van der Waals surface area contributed by atoms with Crippen molar-refractivity contribution < 1.29 is 8.78 Å². The Labute approximate surface area is 126 Å². The van der Waals surface area contributed by atoms with Crippen molar-refractivity contribution in [2.24, 2.45) is 0 Å². The molecule has 0 aromatic heterocycles. The quantitative estimate of drug-likeness (QED) is 0.697. The maximum Gasteiger partial charge on any atom is 0.288 e. The van der Waals surface area contributed by atoms with Crippen molar-refractivity contribution in [3.8, 4) is 0 Å². The molecule has 0 bridgehead atoms. The van der Waals surface area contributed by atoms with Crippen molar-refractivity contribution in [1.29, 1.82) is 0 Å². The molecule has 0 saturated carbocycles. The molecule has 2 aromatic carbocycles. The molecule has 1 N–H and O–H groups in total. The van der Waals surface area contributed by atoms with Crippen LogP contribution in [0.25, 0.3) is 0 Å². The molecule has 0 heterocycles. The van der Waals surface area contributed by atoms with E-state index in [-0.39, 0.29) is 6.04 Å². The van der Waals surface area contributed by atoms with Crippen molar-refractivity contribution in [1.82, 2.24) is 0 Å². The smallest absolute Gasteiger partial charge is 0.288 e. The van der Waals surface area contributed by atoms with Crippen LogP contribution in [0, 0.1) is 0 Å². The van der Waals surface area contributed by atoms with Crippen LogP contribution < -0.4 is 5.32 Å².